The minimum atomic E-state index is -1.90. The number of esters is 1. The molecular formula is C38H41N3O15. The number of amides is 1. The molecule has 0 aliphatic carbocycles. The minimum absolute atomic E-state index is 0.0694. The van der Waals surface area contributed by atoms with Crippen LogP contribution in [0, 0.1) is 21.4 Å². The van der Waals surface area contributed by atoms with Gasteiger partial charge in [-0.3, -0.25) is 14.9 Å². The molecule has 1 unspecified atom stereocenters. The fraction of sp³-hybridized carbons (Fsp3) is 0.447. The minimum Gasteiger partial charge on any atom is -0.487 e. The maximum absolute atomic E-state index is 13.4. The standard InChI is InChI=1S/C38H41N3O15/c39-16-8-3-9-17-50-25-15-14-23(18-24(25)41(48)49)34(46)40-35-30(44)28(42)32(26(53-35)19-51-36(47)21-10-4-1-5-11-21)56-38-31(45)29(43)33-27(54-38)20-52-37(55-33)22-12-6-2-7-13-22/h1-2,4-7,10-15,18,26-33,35,37-38,42-45H,3,8-9,17,19-20H2,(H,40,46)/t26-,27-,28-,29-,30-,31-,32-,33-,35-,37?,38-/m1/s1. The van der Waals surface area contributed by atoms with Crippen molar-refractivity contribution in [1.82, 2.24) is 5.32 Å². The van der Waals surface area contributed by atoms with Gasteiger partial charge in [0.25, 0.3) is 5.91 Å². The number of aliphatic hydroxyl groups excluding tert-OH is 4. The molecule has 3 aromatic carbocycles. The van der Waals surface area contributed by atoms with E-state index in [4.69, 9.17) is 38.4 Å². The predicted molar refractivity (Wildman–Crippen MR) is 188 cm³/mol. The Labute approximate surface area is 320 Å². The van der Waals surface area contributed by atoms with Gasteiger partial charge in [0.1, 0.15) is 55.4 Å². The van der Waals surface area contributed by atoms with Crippen molar-refractivity contribution in [2.24, 2.45) is 0 Å². The number of carbonyl (C=O) groups is 2. The number of rotatable bonds is 14. The number of nitro groups is 1. The molecule has 56 heavy (non-hydrogen) atoms. The first-order valence-electron chi connectivity index (χ1n) is 17.9. The van der Waals surface area contributed by atoms with Crippen molar-refractivity contribution in [1.29, 1.82) is 5.26 Å². The van der Waals surface area contributed by atoms with Crippen molar-refractivity contribution in [2.45, 2.75) is 86.9 Å². The zero-order valence-electron chi connectivity index (χ0n) is 29.8. The molecule has 3 fully saturated rings. The summed E-state index contributed by atoms with van der Waals surface area (Å²) in [7, 11) is 0. The van der Waals surface area contributed by atoms with Crippen LogP contribution in [0.1, 0.15) is 51.8 Å². The third-order valence-corrected chi connectivity index (χ3v) is 9.40. The van der Waals surface area contributed by atoms with Gasteiger partial charge in [0.15, 0.2) is 24.6 Å². The molecule has 0 saturated carbocycles. The average molecular weight is 780 g/mol. The van der Waals surface area contributed by atoms with Crippen molar-refractivity contribution >= 4 is 17.6 Å². The van der Waals surface area contributed by atoms with Crippen LogP contribution in [-0.4, -0.2) is 118 Å². The van der Waals surface area contributed by atoms with Crippen molar-refractivity contribution < 1.29 is 68.1 Å². The molecule has 0 bridgehead atoms. The van der Waals surface area contributed by atoms with Crippen molar-refractivity contribution in [3.63, 3.8) is 0 Å². The summed E-state index contributed by atoms with van der Waals surface area (Å²) in [6.45, 7) is -0.560. The normalized spacial score (nSPS) is 29.9. The Balaban J connectivity index is 1.16. The number of aliphatic hydroxyl groups is 4. The fourth-order valence-corrected chi connectivity index (χ4v) is 6.43. The van der Waals surface area contributed by atoms with Gasteiger partial charge in [-0.2, -0.15) is 5.26 Å². The molecule has 6 rings (SSSR count). The summed E-state index contributed by atoms with van der Waals surface area (Å²) in [5, 5.41) is 67.7. The SMILES string of the molecule is N#CCCCCOc1ccc(C(=O)N[C@@H]2O[C@H](COC(=O)c3ccccc3)[C@@H](O[C@H]3O[C@@H]4COC(c5ccccc5)O[C@H]4[C@H](O)[C@H]3O)[C@H](O)[C@H]2O)cc1[N+](=O)[O-]. The predicted octanol–water partition coefficient (Wildman–Crippen LogP) is 1.65. The summed E-state index contributed by atoms with van der Waals surface area (Å²) in [5.74, 6) is -1.81. The smallest absolute Gasteiger partial charge is 0.338 e. The Hall–Kier alpha value is -5.07. The van der Waals surface area contributed by atoms with Crippen molar-refractivity contribution in [2.75, 3.05) is 19.8 Å². The number of nitriles is 1. The van der Waals surface area contributed by atoms with Gasteiger partial charge < -0.3 is 58.9 Å². The summed E-state index contributed by atoms with van der Waals surface area (Å²) < 4.78 is 40.5. The highest BCUT2D eigenvalue weighted by molar-refractivity contribution is 5.95. The molecule has 3 aliphatic rings. The topological polar surface area (TPSA) is 259 Å². The molecule has 298 valence electrons. The third kappa shape index (κ3) is 9.47. The second-order valence-electron chi connectivity index (χ2n) is 13.2. The molecule has 11 atom stereocenters. The van der Waals surface area contributed by atoms with E-state index in [1.54, 1.807) is 42.5 Å². The number of fused-ring (bicyclic) bond motifs is 1. The lowest BCUT2D eigenvalue weighted by atomic mass is 9.95. The number of nitrogens with one attached hydrogen (secondary N) is 1. The maximum Gasteiger partial charge on any atom is 0.338 e. The van der Waals surface area contributed by atoms with Crippen LogP contribution >= 0.6 is 0 Å². The van der Waals surface area contributed by atoms with Crippen LogP contribution in [0.25, 0.3) is 0 Å². The van der Waals surface area contributed by atoms with Crippen LogP contribution in [0.3, 0.4) is 0 Å². The number of nitro benzene ring substituents is 1. The number of hydrogen-bond donors (Lipinski definition) is 5. The van der Waals surface area contributed by atoms with Crippen LogP contribution in [0.4, 0.5) is 5.69 Å². The second-order valence-corrected chi connectivity index (χ2v) is 13.2. The molecule has 3 heterocycles. The van der Waals surface area contributed by atoms with Crippen molar-refractivity contribution in [3.8, 4) is 11.8 Å². The van der Waals surface area contributed by atoms with Gasteiger partial charge in [0.05, 0.1) is 29.8 Å². The molecule has 0 spiro atoms. The zero-order valence-corrected chi connectivity index (χ0v) is 29.8. The third-order valence-electron chi connectivity index (χ3n) is 9.40. The van der Waals surface area contributed by atoms with E-state index in [1.165, 1.54) is 24.3 Å². The zero-order chi connectivity index (χ0) is 39.8. The van der Waals surface area contributed by atoms with Gasteiger partial charge in [0, 0.05) is 23.6 Å². The molecule has 18 heteroatoms. The molecule has 3 aromatic rings. The lowest BCUT2D eigenvalue weighted by Gasteiger charge is -2.48. The fourth-order valence-electron chi connectivity index (χ4n) is 6.43. The van der Waals surface area contributed by atoms with Crippen LogP contribution in [-0.2, 0) is 28.4 Å². The summed E-state index contributed by atoms with van der Waals surface area (Å²) in [4.78, 5) is 37.3. The van der Waals surface area contributed by atoms with E-state index < -0.39 is 96.7 Å². The first-order chi connectivity index (χ1) is 27.0. The summed E-state index contributed by atoms with van der Waals surface area (Å²) in [6, 6.07) is 22.4. The number of ether oxygens (including phenoxy) is 7. The molecule has 18 nitrogen and oxygen atoms in total. The van der Waals surface area contributed by atoms with E-state index in [0.717, 1.165) is 6.07 Å². The van der Waals surface area contributed by atoms with Gasteiger partial charge in [-0.25, -0.2) is 4.79 Å². The lowest BCUT2D eigenvalue weighted by molar-refractivity contribution is -0.385. The highest BCUT2D eigenvalue weighted by Gasteiger charge is 2.53. The highest BCUT2D eigenvalue weighted by atomic mass is 16.8. The molecule has 5 N–H and O–H groups in total. The van der Waals surface area contributed by atoms with Crippen LogP contribution in [0.2, 0.25) is 0 Å². The highest BCUT2D eigenvalue weighted by Crippen LogP contribution is 2.36. The number of carbonyl (C=O) groups excluding carboxylic acids is 2. The van der Waals surface area contributed by atoms with Crippen LogP contribution in [0.5, 0.6) is 5.75 Å². The van der Waals surface area contributed by atoms with E-state index in [1.807, 2.05) is 12.1 Å². The molecular weight excluding hydrogens is 738 g/mol. The number of nitrogens with zero attached hydrogens (tertiary/aromatic N) is 2. The lowest BCUT2D eigenvalue weighted by Crippen LogP contribution is -2.67. The molecule has 1 amide bonds. The summed E-state index contributed by atoms with van der Waals surface area (Å²) in [5.41, 5.74) is 0.148. The first-order valence-corrected chi connectivity index (χ1v) is 17.9. The number of unbranched alkanes of at least 4 members (excludes halogenated alkanes) is 2. The van der Waals surface area contributed by atoms with E-state index in [9.17, 15) is 40.1 Å². The largest absolute Gasteiger partial charge is 0.487 e. The van der Waals surface area contributed by atoms with Gasteiger partial charge in [-0.15, -0.1) is 0 Å². The Morgan fingerprint density at radius 2 is 1.62 bits per heavy atom. The van der Waals surface area contributed by atoms with Crippen LogP contribution < -0.4 is 10.1 Å². The maximum atomic E-state index is 13.4. The van der Waals surface area contributed by atoms with E-state index in [0.29, 0.717) is 24.8 Å². The van der Waals surface area contributed by atoms with Crippen molar-refractivity contribution in [3.05, 3.63) is 106 Å². The second kappa shape index (κ2) is 18.7. The monoisotopic (exact) mass is 779 g/mol. The quantitative estimate of drug-likeness (QED) is 0.0674. The van der Waals surface area contributed by atoms with Gasteiger partial charge >= 0.3 is 11.7 Å². The number of hydrogen-bond acceptors (Lipinski definition) is 16. The Morgan fingerprint density at radius 3 is 2.34 bits per heavy atom. The first kappa shape index (κ1) is 40.6. The van der Waals surface area contributed by atoms with Crippen LogP contribution in [0.15, 0.2) is 78.9 Å². The van der Waals surface area contributed by atoms with E-state index in [2.05, 4.69) is 5.32 Å². The van der Waals surface area contributed by atoms with E-state index in [-0.39, 0.29) is 30.1 Å². The Bertz CT molecular complexity index is 1840. The molecule has 3 saturated heterocycles. The number of benzene rings is 3. The Kier molecular flexibility index (Phi) is 13.6. The summed E-state index contributed by atoms with van der Waals surface area (Å²) >= 11 is 0. The Morgan fingerprint density at radius 1 is 0.893 bits per heavy atom. The van der Waals surface area contributed by atoms with Gasteiger partial charge in [-0.1, -0.05) is 48.5 Å². The van der Waals surface area contributed by atoms with E-state index >= 15 is 0 Å². The van der Waals surface area contributed by atoms with Gasteiger partial charge in [0.2, 0.25) is 0 Å². The van der Waals surface area contributed by atoms with Gasteiger partial charge in [-0.05, 0) is 37.1 Å². The molecule has 0 radical (unpaired) electrons. The average Bonchev–Trinajstić information content (AvgIpc) is 3.22. The molecule has 0 aromatic heterocycles. The summed E-state index contributed by atoms with van der Waals surface area (Å²) in [6.07, 6.45) is -14.9. The molecule has 3 aliphatic heterocycles.